The molecular weight excluding hydrogens is 194 g/mol. The molecule has 1 saturated heterocycles. The second-order valence-electron chi connectivity index (χ2n) is 3.26. The van der Waals surface area contributed by atoms with Crippen molar-refractivity contribution in [2.45, 2.75) is 24.5 Å². The summed E-state index contributed by atoms with van der Waals surface area (Å²) >= 11 is 0. The first-order valence-corrected chi connectivity index (χ1v) is 5.64. The Morgan fingerprint density at radius 2 is 2.08 bits per heavy atom. The molecule has 0 radical (unpaired) electrons. The zero-order chi connectivity index (χ0) is 10.1. The van der Waals surface area contributed by atoms with E-state index in [0.717, 1.165) is 6.42 Å². The summed E-state index contributed by atoms with van der Waals surface area (Å²) in [5.74, 6) is -0.500. The van der Waals surface area contributed by atoms with Gasteiger partial charge in [0.1, 0.15) is 0 Å². The number of hydrogen-bond acceptors (Lipinski definition) is 3. The van der Waals surface area contributed by atoms with E-state index in [9.17, 15) is 13.2 Å². The van der Waals surface area contributed by atoms with Crippen molar-refractivity contribution < 1.29 is 17.8 Å². The van der Waals surface area contributed by atoms with Crippen LogP contribution in [0, 0.1) is 0 Å². The van der Waals surface area contributed by atoms with Gasteiger partial charge in [-0.05, 0) is 19.3 Å². The van der Waals surface area contributed by atoms with E-state index in [-0.39, 0.29) is 6.42 Å². The zero-order valence-corrected chi connectivity index (χ0v) is 8.25. The molecule has 76 valence electrons. The summed E-state index contributed by atoms with van der Waals surface area (Å²) in [5.41, 5.74) is 0. The highest BCUT2D eigenvalue weighted by atomic mass is 32.2. The maximum Gasteiger partial charge on any atom is 0.276 e. The highest BCUT2D eigenvalue weighted by Gasteiger charge is 2.34. The molecule has 1 aliphatic heterocycles. The zero-order valence-electron chi connectivity index (χ0n) is 7.43. The topological polar surface area (TPSA) is 74.7 Å². The van der Waals surface area contributed by atoms with Gasteiger partial charge in [-0.25, -0.2) is 0 Å². The summed E-state index contributed by atoms with van der Waals surface area (Å²) in [6.07, 6.45) is 1.66. The van der Waals surface area contributed by atoms with Gasteiger partial charge in [0.2, 0.25) is 5.91 Å². The normalized spacial score (nSPS) is 25.8. The van der Waals surface area contributed by atoms with Gasteiger partial charge in [-0.15, -0.1) is 0 Å². The van der Waals surface area contributed by atoms with Gasteiger partial charge >= 0.3 is 0 Å². The Labute approximate surface area is 77.5 Å². The summed E-state index contributed by atoms with van der Waals surface area (Å²) < 4.78 is 30.4. The Morgan fingerprint density at radius 3 is 2.62 bits per heavy atom. The number of rotatable bonds is 1. The van der Waals surface area contributed by atoms with E-state index in [2.05, 4.69) is 0 Å². The molecule has 0 aromatic carbocycles. The molecule has 1 unspecified atom stereocenters. The Bertz CT molecular complexity index is 298. The molecule has 1 N–H and O–H groups in total. The van der Waals surface area contributed by atoms with Crippen LogP contribution in [-0.4, -0.2) is 42.6 Å². The first kappa shape index (κ1) is 10.5. The fourth-order valence-electron chi connectivity index (χ4n) is 1.43. The van der Waals surface area contributed by atoms with Crippen LogP contribution in [0.2, 0.25) is 0 Å². The monoisotopic (exact) mass is 207 g/mol. The summed E-state index contributed by atoms with van der Waals surface area (Å²) in [6, 6.07) is 0. The molecule has 0 bridgehead atoms. The van der Waals surface area contributed by atoms with Gasteiger partial charge in [-0.1, -0.05) is 0 Å². The predicted octanol–water partition coefficient (Wildman–Crippen LogP) is -0.115. The lowest BCUT2D eigenvalue weighted by atomic mass is 10.2. The minimum absolute atomic E-state index is 0.224. The van der Waals surface area contributed by atoms with Gasteiger partial charge in [0, 0.05) is 13.6 Å². The van der Waals surface area contributed by atoms with Gasteiger partial charge in [-0.3, -0.25) is 9.35 Å². The molecule has 0 aromatic heterocycles. The van der Waals surface area contributed by atoms with Crippen molar-refractivity contribution in [3.05, 3.63) is 0 Å². The smallest absolute Gasteiger partial charge is 0.276 e. The van der Waals surface area contributed by atoms with Gasteiger partial charge in [0.15, 0.2) is 5.25 Å². The fourth-order valence-corrected chi connectivity index (χ4v) is 2.33. The Balaban J connectivity index is 2.89. The van der Waals surface area contributed by atoms with Crippen LogP contribution < -0.4 is 0 Å². The van der Waals surface area contributed by atoms with E-state index in [1.54, 1.807) is 7.05 Å². The second-order valence-corrected chi connectivity index (χ2v) is 4.86. The number of nitrogens with zero attached hydrogens (tertiary/aromatic N) is 1. The third-order valence-corrected chi connectivity index (χ3v) is 3.38. The van der Waals surface area contributed by atoms with E-state index < -0.39 is 21.3 Å². The summed E-state index contributed by atoms with van der Waals surface area (Å²) in [4.78, 5) is 12.7. The highest BCUT2D eigenvalue weighted by molar-refractivity contribution is 7.87. The predicted molar refractivity (Wildman–Crippen MR) is 46.8 cm³/mol. The number of hydrogen-bond donors (Lipinski definition) is 1. The molecule has 1 aliphatic rings. The minimum atomic E-state index is -4.22. The van der Waals surface area contributed by atoms with Crippen LogP contribution in [0.1, 0.15) is 19.3 Å². The molecule has 6 heteroatoms. The quantitative estimate of drug-likeness (QED) is 0.608. The molecule has 0 saturated carbocycles. The molecule has 1 amide bonds. The standard InChI is InChI=1S/C7H13NO4S/c1-8-5-3-2-4-6(7(8)9)13(10,11)12/h6H,2-5H2,1H3,(H,10,11,12). The largest absolute Gasteiger partial charge is 0.345 e. The van der Waals surface area contributed by atoms with Crippen LogP contribution in [0.15, 0.2) is 0 Å². The Morgan fingerprint density at radius 1 is 1.46 bits per heavy atom. The maximum atomic E-state index is 11.4. The molecule has 0 spiro atoms. The van der Waals surface area contributed by atoms with Crippen molar-refractivity contribution in [2.75, 3.05) is 13.6 Å². The lowest BCUT2D eigenvalue weighted by Crippen LogP contribution is -2.39. The van der Waals surface area contributed by atoms with E-state index in [0.29, 0.717) is 13.0 Å². The SMILES string of the molecule is CN1CCCCC(S(=O)(=O)O)C1=O. The molecule has 1 fully saturated rings. The molecule has 1 heterocycles. The van der Waals surface area contributed by atoms with Gasteiger partial charge < -0.3 is 4.90 Å². The van der Waals surface area contributed by atoms with Gasteiger partial charge in [0.25, 0.3) is 10.1 Å². The van der Waals surface area contributed by atoms with E-state index in [1.165, 1.54) is 4.90 Å². The van der Waals surface area contributed by atoms with Crippen LogP contribution in [0.4, 0.5) is 0 Å². The van der Waals surface area contributed by atoms with Crippen LogP contribution in [-0.2, 0) is 14.9 Å². The van der Waals surface area contributed by atoms with Crippen molar-refractivity contribution in [2.24, 2.45) is 0 Å². The Kier molecular flexibility index (Phi) is 2.92. The van der Waals surface area contributed by atoms with Crippen molar-refractivity contribution in [1.82, 2.24) is 4.90 Å². The fraction of sp³-hybridized carbons (Fsp3) is 0.857. The van der Waals surface area contributed by atoms with Crippen molar-refractivity contribution >= 4 is 16.0 Å². The molecule has 1 rings (SSSR count). The minimum Gasteiger partial charge on any atom is -0.345 e. The second kappa shape index (κ2) is 3.63. The van der Waals surface area contributed by atoms with Crippen LogP contribution in [0.25, 0.3) is 0 Å². The first-order valence-electron chi connectivity index (χ1n) is 4.14. The van der Waals surface area contributed by atoms with Crippen LogP contribution >= 0.6 is 0 Å². The molecule has 0 aromatic rings. The maximum absolute atomic E-state index is 11.4. The lowest BCUT2D eigenvalue weighted by molar-refractivity contribution is -0.129. The molecule has 0 aliphatic carbocycles. The van der Waals surface area contributed by atoms with Gasteiger partial charge in [0.05, 0.1) is 0 Å². The Hall–Kier alpha value is -0.620. The van der Waals surface area contributed by atoms with E-state index in [4.69, 9.17) is 4.55 Å². The van der Waals surface area contributed by atoms with Crippen LogP contribution in [0.5, 0.6) is 0 Å². The number of likely N-dealkylation sites (tertiary alicyclic amines) is 1. The number of carbonyl (C=O) groups is 1. The molecule has 5 nitrogen and oxygen atoms in total. The summed E-state index contributed by atoms with van der Waals surface area (Å²) in [6.45, 7) is 0.560. The highest BCUT2D eigenvalue weighted by Crippen LogP contribution is 2.16. The summed E-state index contributed by atoms with van der Waals surface area (Å²) in [7, 11) is -2.68. The molecular formula is C7H13NO4S. The van der Waals surface area contributed by atoms with Crippen molar-refractivity contribution in [3.8, 4) is 0 Å². The van der Waals surface area contributed by atoms with Gasteiger partial charge in [-0.2, -0.15) is 8.42 Å². The van der Waals surface area contributed by atoms with Crippen LogP contribution in [0.3, 0.4) is 0 Å². The molecule has 1 atom stereocenters. The van der Waals surface area contributed by atoms with E-state index in [1.807, 2.05) is 0 Å². The van der Waals surface area contributed by atoms with Crippen molar-refractivity contribution in [1.29, 1.82) is 0 Å². The lowest BCUT2D eigenvalue weighted by Gasteiger charge is -2.17. The van der Waals surface area contributed by atoms with E-state index >= 15 is 0 Å². The average Bonchev–Trinajstić information content (AvgIpc) is 2.14. The third-order valence-electron chi connectivity index (χ3n) is 2.22. The number of carbonyl (C=O) groups excluding carboxylic acids is 1. The van der Waals surface area contributed by atoms with Crippen molar-refractivity contribution in [3.63, 3.8) is 0 Å². The number of amides is 1. The first-order chi connectivity index (χ1) is 5.93. The summed E-state index contributed by atoms with van der Waals surface area (Å²) in [5, 5.41) is -1.25. The molecule has 13 heavy (non-hydrogen) atoms. The average molecular weight is 207 g/mol. The third kappa shape index (κ3) is 2.41.